The topological polar surface area (TPSA) is 39.1 Å². The van der Waals surface area contributed by atoms with Crippen LogP contribution in [-0.2, 0) is 10.0 Å². The van der Waals surface area contributed by atoms with Crippen LogP contribution in [0.4, 0.5) is 4.39 Å². The Bertz CT molecular complexity index is 939. The predicted octanol–water partition coefficient (Wildman–Crippen LogP) is 4.38. The zero-order valence-corrected chi connectivity index (χ0v) is 15.0. The highest BCUT2D eigenvalue weighted by Crippen LogP contribution is 2.34. The largest absolute Gasteiger partial charge is 0.269 e. The molecule has 3 nitrogen and oxygen atoms in total. The lowest BCUT2D eigenvalue weighted by atomic mass is 10.2. The quantitative estimate of drug-likeness (QED) is 0.511. The van der Waals surface area contributed by atoms with Crippen molar-refractivity contribution in [1.29, 1.82) is 0 Å². The van der Waals surface area contributed by atoms with Gasteiger partial charge < -0.3 is 0 Å². The van der Waals surface area contributed by atoms with Crippen LogP contribution < -0.4 is 0 Å². The summed E-state index contributed by atoms with van der Waals surface area (Å²) >= 11 is 4.98. The molecule has 0 bridgehead atoms. The Kier molecular flexibility index (Phi) is 3.83. The maximum absolute atomic E-state index is 14.4. The normalized spacial score (nSPS) is 12.0. The number of hydrogen-bond donors (Lipinski definition) is 0. The Labute approximate surface area is 143 Å². The van der Waals surface area contributed by atoms with Gasteiger partial charge in [0.25, 0.3) is 10.0 Å². The van der Waals surface area contributed by atoms with E-state index in [1.807, 2.05) is 0 Å². The summed E-state index contributed by atoms with van der Waals surface area (Å²) in [7, 11) is -3.84. The molecule has 0 aliphatic carbocycles. The number of hydrogen-bond acceptors (Lipinski definition) is 2. The summed E-state index contributed by atoms with van der Waals surface area (Å²) in [4.78, 5) is 0.125. The molecule has 0 aliphatic heterocycles. The van der Waals surface area contributed by atoms with Gasteiger partial charge in [0.2, 0.25) is 0 Å². The summed E-state index contributed by atoms with van der Waals surface area (Å²) < 4.78 is 41.5. The monoisotopic (exact) mass is 479 g/mol. The second kappa shape index (κ2) is 5.36. The number of rotatable bonds is 2. The van der Waals surface area contributed by atoms with Gasteiger partial charge in [-0.25, -0.2) is 16.8 Å². The molecule has 3 rings (SSSR count). The van der Waals surface area contributed by atoms with E-state index in [0.29, 0.717) is 9.99 Å². The molecule has 0 saturated carbocycles. The van der Waals surface area contributed by atoms with Gasteiger partial charge in [-0.2, -0.15) is 0 Å². The molecule has 0 amide bonds. The molecule has 21 heavy (non-hydrogen) atoms. The van der Waals surface area contributed by atoms with Crippen LogP contribution in [0.3, 0.4) is 0 Å². The third-order valence-electron chi connectivity index (χ3n) is 3.07. The lowest BCUT2D eigenvalue weighted by molar-refractivity contribution is 0.583. The van der Waals surface area contributed by atoms with Crippen molar-refractivity contribution in [2.75, 3.05) is 0 Å². The Hall–Kier alpha value is -0.930. The fraction of sp³-hybridized carbons (Fsp3) is 0. The molecule has 3 aromatic rings. The number of fused-ring (bicyclic) bond motifs is 1. The van der Waals surface area contributed by atoms with E-state index in [9.17, 15) is 12.8 Å². The first kappa shape index (κ1) is 15.0. The van der Waals surface area contributed by atoms with E-state index in [4.69, 9.17) is 0 Å². The Morgan fingerprint density at radius 1 is 1.05 bits per heavy atom. The molecule has 0 spiro atoms. The van der Waals surface area contributed by atoms with E-state index in [0.717, 1.165) is 3.97 Å². The predicted molar refractivity (Wildman–Crippen MR) is 91.3 cm³/mol. The van der Waals surface area contributed by atoms with Crippen molar-refractivity contribution < 1.29 is 12.8 Å². The van der Waals surface area contributed by atoms with Gasteiger partial charge in [-0.3, -0.25) is 0 Å². The standard InChI is InChI=1S/C14H8BrFINO2S/c15-10-7-4-8-11-12(10)13(16)14(17)18(11)21(19,20)9-5-2-1-3-6-9/h1-8H. The maximum Gasteiger partial charge on any atom is 0.269 e. The zero-order valence-electron chi connectivity index (χ0n) is 10.4. The summed E-state index contributed by atoms with van der Waals surface area (Å²) in [6, 6.07) is 12.9. The average molecular weight is 480 g/mol. The molecule has 0 unspecified atom stereocenters. The van der Waals surface area contributed by atoms with Crippen LogP contribution in [-0.4, -0.2) is 12.4 Å². The van der Waals surface area contributed by atoms with Crippen molar-refractivity contribution in [2.24, 2.45) is 0 Å². The van der Waals surface area contributed by atoms with Gasteiger partial charge in [-0.05, 0) is 62.8 Å². The van der Waals surface area contributed by atoms with E-state index in [-0.39, 0.29) is 14.0 Å². The van der Waals surface area contributed by atoms with Crippen molar-refractivity contribution in [3.8, 4) is 0 Å². The number of halogens is 3. The molecule has 0 N–H and O–H groups in total. The molecule has 0 aliphatic rings. The number of nitrogens with zero attached hydrogens (tertiary/aromatic N) is 1. The molecule has 0 atom stereocenters. The minimum atomic E-state index is -3.84. The third kappa shape index (κ3) is 2.31. The molecule has 2 aromatic carbocycles. The van der Waals surface area contributed by atoms with Crippen LogP contribution in [0.25, 0.3) is 10.9 Å². The second-order valence-electron chi connectivity index (χ2n) is 4.32. The molecular weight excluding hydrogens is 472 g/mol. The third-order valence-corrected chi connectivity index (χ3v) is 6.74. The van der Waals surface area contributed by atoms with Gasteiger partial charge >= 0.3 is 0 Å². The van der Waals surface area contributed by atoms with Crippen LogP contribution in [0.1, 0.15) is 0 Å². The van der Waals surface area contributed by atoms with Crippen molar-refractivity contribution in [3.05, 3.63) is 62.5 Å². The SMILES string of the molecule is O=S(=O)(c1ccccc1)n1c(I)c(F)c2c(Br)cccc21. The zero-order chi connectivity index (χ0) is 15.2. The Morgan fingerprint density at radius 3 is 2.38 bits per heavy atom. The second-order valence-corrected chi connectivity index (χ2v) is 7.98. The minimum absolute atomic E-state index is 0.0401. The maximum atomic E-state index is 14.4. The van der Waals surface area contributed by atoms with Gasteiger partial charge in [0, 0.05) is 4.47 Å². The summed E-state index contributed by atoms with van der Waals surface area (Å²) in [5, 5.41) is 0.265. The van der Waals surface area contributed by atoms with Crippen LogP contribution in [0.2, 0.25) is 0 Å². The Morgan fingerprint density at radius 2 is 1.71 bits per heavy atom. The van der Waals surface area contributed by atoms with E-state index in [1.165, 1.54) is 12.1 Å². The highest BCUT2D eigenvalue weighted by molar-refractivity contribution is 14.1. The lowest BCUT2D eigenvalue weighted by Gasteiger charge is -2.08. The highest BCUT2D eigenvalue weighted by Gasteiger charge is 2.26. The Balaban J connectivity index is 2.42. The molecule has 1 heterocycles. The van der Waals surface area contributed by atoms with E-state index >= 15 is 0 Å². The van der Waals surface area contributed by atoms with E-state index < -0.39 is 15.8 Å². The minimum Gasteiger partial charge on any atom is -0.225 e. The molecule has 0 radical (unpaired) electrons. The highest BCUT2D eigenvalue weighted by atomic mass is 127. The number of aromatic nitrogens is 1. The van der Waals surface area contributed by atoms with Crippen LogP contribution >= 0.6 is 38.5 Å². The molecule has 0 saturated heterocycles. The van der Waals surface area contributed by atoms with Gasteiger partial charge in [0.05, 0.1) is 15.8 Å². The fourth-order valence-electron chi connectivity index (χ4n) is 2.13. The first-order chi connectivity index (χ1) is 9.94. The van der Waals surface area contributed by atoms with Crippen LogP contribution in [0.15, 0.2) is 57.9 Å². The summed E-state index contributed by atoms with van der Waals surface area (Å²) in [5.41, 5.74) is 0.315. The first-order valence-corrected chi connectivity index (χ1v) is 9.20. The average Bonchev–Trinajstić information content (AvgIpc) is 2.73. The lowest BCUT2D eigenvalue weighted by Crippen LogP contribution is -2.14. The van der Waals surface area contributed by atoms with Gasteiger partial charge in [-0.1, -0.05) is 24.3 Å². The van der Waals surface area contributed by atoms with Gasteiger partial charge in [-0.15, -0.1) is 0 Å². The molecule has 1 aromatic heterocycles. The van der Waals surface area contributed by atoms with Gasteiger partial charge in [0.15, 0.2) is 5.82 Å². The van der Waals surface area contributed by atoms with Crippen molar-refractivity contribution in [2.45, 2.75) is 4.90 Å². The molecule has 108 valence electrons. The van der Waals surface area contributed by atoms with Crippen molar-refractivity contribution >= 4 is 59.4 Å². The fourth-order valence-corrected chi connectivity index (χ4v) is 5.38. The summed E-state index contributed by atoms with van der Waals surface area (Å²) in [6.45, 7) is 0. The smallest absolute Gasteiger partial charge is 0.225 e. The summed E-state index contributed by atoms with van der Waals surface area (Å²) in [5.74, 6) is -0.544. The molecular formula is C14H8BrFINO2S. The molecule has 7 heteroatoms. The van der Waals surface area contributed by atoms with E-state index in [1.54, 1.807) is 59.0 Å². The number of benzene rings is 2. The van der Waals surface area contributed by atoms with Crippen LogP contribution in [0, 0.1) is 9.52 Å². The first-order valence-electron chi connectivity index (χ1n) is 5.89. The van der Waals surface area contributed by atoms with Crippen molar-refractivity contribution in [3.63, 3.8) is 0 Å². The van der Waals surface area contributed by atoms with Gasteiger partial charge in [0.1, 0.15) is 3.70 Å². The van der Waals surface area contributed by atoms with Crippen molar-refractivity contribution in [1.82, 2.24) is 3.97 Å². The van der Waals surface area contributed by atoms with E-state index in [2.05, 4.69) is 15.9 Å². The molecule has 0 fully saturated rings. The van der Waals surface area contributed by atoms with Crippen LogP contribution in [0.5, 0.6) is 0 Å². The summed E-state index contributed by atoms with van der Waals surface area (Å²) in [6.07, 6.45) is 0.